The molecule has 0 fully saturated rings. The molecule has 4 nitrogen and oxygen atoms in total. The Kier molecular flexibility index (Phi) is 4.34. The number of hydrogen-bond acceptors (Lipinski definition) is 3. The lowest BCUT2D eigenvalue weighted by Gasteiger charge is -2.21. The molecule has 0 saturated carbocycles. The number of aliphatic hydroxyl groups is 1. The van der Waals surface area contributed by atoms with E-state index in [0.717, 1.165) is 5.56 Å². The molecule has 0 unspecified atom stereocenters. The second-order valence-electron chi connectivity index (χ2n) is 5.01. The third kappa shape index (κ3) is 2.94. The van der Waals surface area contributed by atoms with Crippen LogP contribution >= 0.6 is 0 Å². The summed E-state index contributed by atoms with van der Waals surface area (Å²) in [6.45, 7) is 3.48. The highest BCUT2D eigenvalue weighted by Gasteiger charge is 2.24. The standard InChI is InChI=1S/C16H19NO3S/c1-12-7-9-15(10-8-12)17(3)21(19,20)16-6-4-5-14(11-18)13(16)2/h4-10,18H,11H2,1-3H3. The minimum absolute atomic E-state index is 0.177. The van der Waals surface area contributed by atoms with E-state index in [4.69, 9.17) is 0 Å². The number of aryl methyl sites for hydroxylation is 1. The Labute approximate surface area is 125 Å². The zero-order valence-corrected chi connectivity index (χ0v) is 13.2. The van der Waals surface area contributed by atoms with E-state index in [1.807, 2.05) is 19.1 Å². The molecule has 0 spiro atoms. The van der Waals surface area contributed by atoms with Crippen LogP contribution in [0, 0.1) is 13.8 Å². The van der Waals surface area contributed by atoms with E-state index in [2.05, 4.69) is 0 Å². The number of aliphatic hydroxyl groups excluding tert-OH is 1. The second kappa shape index (κ2) is 5.87. The van der Waals surface area contributed by atoms with Gasteiger partial charge < -0.3 is 5.11 Å². The van der Waals surface area contributed by atoms with Crippen LogP contribution in [0.5, 0.6) is 0 Å². The maximum Gasteiger partial charge on any atom is 0.264 e. The Balaban J connectivity index is 2.49. The maximum absolute atomic E-state index is 12.8. The van der Waals surface area contributed by atoms with Gasteiger partial charge in [-0.05, 0) is 43.2 Å². The Bertz CT molecular complexity index is 737. The van der Waals surface area contributed by atoms with E-state index in [9.17, 15) is 13.5 Å². The molecule has 0 atom stereocenters. The molecular weight excluding hydrogens is 286 g/mol. The molecule has 0 heterocycles. The van der Waals surface area contributed by atoms with Crippen molar-refractivity contribution < 1.29 is 13.5 Å². The van der Waals surface area contributed by atoms with Gasteiger partial charge in [-0.25, -0.2) is 8.42 Å². The fraction of sp³-hybridized carbons (Fsp3) is 0.250. The predicted molar refractivity (Wildman–Crippen MR) is 83.9 cm³/mol. The lowest BCUT2D eigenvalue weighted by atomic mass is 10.1. The summed E-state index contributed by atoms with van der Waals surface area (Å²) in [7, 11) is -2.11. The van der Waals surface area contributed by atoms with Gasteiger partial charge in [-0.3, -0.25) is 4.31 Å². The lowest BCUT2D eigenvalue weighted by molar-refractivity contribution is 0.280. The smallest absolute Gasteiger partial charge is 0.264 e. The van der Waals surface area contributed by atoms with Crippen molar-refractivity contribution in [1.82, 2.24) is 0 Å². The molecule has 0 aliphatic carbocycles. The van der Waals surface area contributed by atoms with Gasteiger partial charge in [0.15, 0.2) is 0 Å². The van der Waals surface area contributed by atoms with Crippen molar-refractivity contribution in [2.24, 2.45) is 0 Å². The zero-order valence-electron chi connectivity index (χ0n) is 12.4. The summed E-state index contributed by atoms with van der Waals surface area (Å²) < 4.78 is 26.8. The molecule has 0 amide bonds. The van der Waals surface area contributed by atoms with E-state index in [1.54, 1.807) is 37.3 Å². The van der Waals surface area contributed by atoms with Crippen molar-refractivity contribution in [3.05, 3.63) is 59.2 Å². The molecule has 0 aromatic heterocycles. The molecule has 0 aliphatic rings. The minimum atomic E-state index is -3.65. The van der Waals surface area contributed by atoms with E-state index >= 15 is 0 Å². The van der Waals surface area contributed by atoms with Crippen molar-refractivity contribution in [2.75, 3.05) is 11.4 Å². The van der Waals surface area contributed by atoms with Gasteiger partial charge in [0.05, 0.1) is 17.2 Å². The number of hydrogen-bond donors (Lipinski definition) is 1. The largest absolute Gasteiger partial charge is 0.392 e. The molecule has 2 aromatic carbocycles. The molecular formula is C16H19NO3S. The summed E-state index contributed by atoms with van der Waals surface area (Å²) in [6, 6.07) is 12.2. The SMILES string of the molecule is Cc1ccc(N(C)S(=O)(=O)c2cccc(CO)c2C)cc1. The summed E-state index contributed by atoms with van der Waals surface area (Å²) in [5.74, 6) is 0. The monoisotopic (exact) mass is 305 g/mol. The van der Waals surface area contributed by atoms with Crippen molar-refractivity contribution in [3.63, 3.8) is 0 Å². The summed E-state index contributed by atoms with van der Waals surface area (Å²) in [4.78, 5) is 0.220. The number of anilines is 1. The number of nitrogens with zero attached hydrogens (tertiary/aromatic N) is 1. The third-order valence-electron chi connectivity index (χ3n) is 3.60. The summed E-state index contributed by atoms with van der Waals surface area (Å²) in [5.41, 5.74) is 2.88. The molecule has 21 heavy (non-hydrogen) atoms. The molecule has 0 saturated heterocycles. The molecule has 5 heteroatoms. The quantitative estimate of drug-likeness (QED) is 0.944. The van der Waals surface area contributed by atoms with Gasteiger partial charge >= 0.3 is 0 Å². The van der Waals surface area contributed by atoms with Crippen LogP contribution in [0.1, 0.15) is 16.7 Å². The highest BCUT2D eigenvalue weighted by Crippen LogP contribution is 2.26. The minimum Gasteiger partial charge on any atom is -0.392 e. The van der Waals surface area contributed by atoms with Crippen LogP contribution in [0.2, 0.25) is 0 Å². The number of rotatable bonds is 4. The third-order valence-corrected chi connectivity index (χ3v) is 5.53. The average molecular weight is 305 g/mol. The van der Waals surface area contributed by atoms with Crippen LogP contribution in [0.4, 0.5) is 5.69 Å². The van der Waals surface area contributed by atoms with Gasteiger partial charge in [0.2, 0.25) is 0 Å². The predicted octanol–water partition coefficient (Wildman–Crippen LogP) is 2.62. The summed E-state index contributed by atoms with van der Waals surface area (Å²) in [6.07, 6.45) is 0. The first kappa shape index (κ1) is 15.5. The topological polar surface area (TPSA) is 57.6 Å². The van der Waals surface area contributed by atoms with E-state index < -0.39 is 10.0 Å². The van der Waals surface area contributed by atoms with Gasteiger partial charge in [-0.15, -0.1) is 0 Å². The van der Waals surface area contributed by atoms with Gasteiger partial charge in [0, 0.05) is 7.05 Å². The molecule has 0 aliphatic heterocycles. The molecule has 0 radical (unpaired) electrons. The first-order valence-electron chi connectivity index (χ1n) is 6.63. The average Bonchev–Trinajstić information content (AvgIpc) is 2.47. The van der Waals surface area contributed by atoms with Crippen molar-refractivity contribution >= 4 is 15.7 Å². The number of sulfonamides is 1. The van der Waals surface area contributed by atoms with E-state index in [1.165, 1.54) is 11.4 Å². The number of benzene rings is 2. The molecule has 2 rings (SSSR count). The van der Waals surface area contributed by atoms with Crippen molar-refractivity contribution in [1.29, 1.82) is 0 Å². The van der Waals surface area contributed by atoms with E-state index in [0.29, 0.717) is 16.8 Å². The summed E-state index contributed by atoms with van der Waals surface area (Å²) >= 11 is 0. The molecule has 112 valence electrons. The second-order valence-corrected chi connectivity index (χ2v) is 6.94. The van der Waals surface area contributed by atoms with Crippen LogP contribution < -0.4 is 4.31 Å². The van der Waals surface area contributed by atoms with Crippen LogP contribution in [0.25, 0.3) is 0 Å². The van der Waals surface area contributed by atoms with Gasteiger partial charge in [-0.1, -0.05) is 29.8 Å². The first-order valence-corrected chi connectivity index (χ1v) is 8.07. The first-order chi connectivity index (χ1) is 9.87. The Morgan fingerprint density at radius 3 is 2.24 bits per heavy atom. The Hall–Kier alpha value is -1.85. The van der Waals surface area contributed by atoms with Crippen LogP contribution in [-0.2, 0) is 16.6 Å². The summed E-state index contributed by atoms with van der Waals surface area (Å²) in [5, 5.41) is 9.29. The van der Waals surface area contributed by atoms with Gasteiger partial charge in [0.25, 0.3) is 10.0 Å². The maximum atomic E-state index is 12.8. The van der Waals surface area contributed by atoms with Gasteiger partial charge in [-0.2, -0.15) is 0 Å². The van der Waals surface area contributed by atoms with Crippen LogP contribution in [0.3, 0.4) is 0 Å². The van der Waals surface area contributed by atoms with Crippen LogP contribution in [-0.4, -0.2) is 20.6 Å². The Morgan fingerprint density at radius 2 is 1.67 bits per heavy atom. The van der Waals surface area contributed by atoms with Crippen molar-refractivity contribution in [2.45, 2.75) is 25.3 Å². The highest BCUT2D eigenvalue weighted by molar-refractivity contribution is 7.92. The fourth-order valence-corrected chi connectivity index (χ4v) is 3.61. The molecule has 2 aromatic rings. The molecule has 0 bridgehead atoms. The van der Waals surface area contributed by atoms with Crippen LogP contribution in [0.15, 0.2) is 47.4 Å². The fourth-order valence-electron chi connectivity index (χ4n) is 2.15. The van der Waals surface area contributed by atoms with Crippen molar-refractivity contribution in [3.8, 4) is 0 Å². The Morgan fingerprint density at radius 1 is 1.05 bits per heavy atom. The highest BCUT2D eigenvalue weighted by atomic mass is 32.2. The molecule has 1 N–H and O–H groups in total. The lowest BCUT2D eigenvalue weighted by Crippen LogP contribution is -2.27. The van der Waals surface area contributed by atoms with Gasteiger partial charge in [0.1, 0.15) is 0 Å². The normalized spacial score (nSPS) is 11.4. The zero-order chi connectivity index (χ0) is 15.6. The van der Waals surface area contributed by atoms with E-state index in [-0.39, 0.29) is 11.5 Å².